The summed E-state index contributed by atoms with van der Waals surface area (Å²) in [5, 5.41) is 19.4. The number of aliphatic hydroxyl groups is 1. The van der Waals surface area contributed by atoms with Gasteiger partial charge in [0.15, 0.2) is 0 Å². The number of phenols is 1. The van der Waals surface area contributed by atoms with Crippen LogP contribution >= 0.6 is 0 Å². The van der Waals surface area contributed by atoms with Gasteiger partial charge in [0.25, 0.3) is 0 Å². The first-order chi connectivity index (χ1) is 9.02. The summed E-state index contributed by atoms with van der Waals surface area (Å²) in [7, 11) is 1.95. The highest BCUT2D eigenvalue weighted by Gasteiger charge is 2.13. The molecular weight excluding hydrogens is 246 g/mol. The summed E-state index contributed by atoms with van der Waals surface area (Å²) in [5.74, 6) is 0.115. The van der Waals surface area contributed by atoms with Gasteiger partial charge in [-0.25, -0.2) is 4.79 Å². The Morgan fingerprint density at radius 1 is 1.37 bits per heavy atom. The number of nitrogens with one attached hydrogen (secondary N) is 1. The molecule has 0 amide bonds. The van der Waals surface area contributed by atoms with Crippen molar-refractivity contribution in [1.82, 2.24) is 0 Å². The van der Waals surface area contributed by atoms with E-state index in [4.69, 9.17) is 9.52 Å². The maximum Gasteiger partial charge on any atom is 0.336 e. The molecule has 19 heavy (non-hydrogen) atoms. The van der Waals surface area contributed by atoms with Gasteiger partial charge in [-0.3, -0.25) is 0 Å². The minimum absolute atomic E-state index is 0.102. The lowest BCUT2D eigenvalue weighted by Crippen LogP contribution is -3.08. The van der Waals surface area contributed by atoms with Gasteiger partial charge in [0.1, 0.15) is 24.4 Å². The van der Waals surface area contributed by atoms with Crippen molar-refractivity contribution in [3.05, 3.63) is 39.7 Å². The predicted octanol–water partition coefficient (Wildman–Crippen LogP) is -0.186. The monoisotopic (exact) mass is 264 g/mol. The molecule has 1 unspecified atom stereocenters. The van der Waals surface area contributed by atoms with Gasteiger partial charge in [0.2, 0.25) is 0 Å². The minimum Gasteiger partial charge on any atom is -0.508 e. The van der Waals surface area contributed by atoms with Crippen molar-refractivity contribution < 1.29 is 19.5 Å². The zero-order chi connectivity index (χ0) is 14.0. The second-order valence-corrected chi connectivity index (χ2v) is 4.78. The van der Waals surface area contributed by atoms with Crippen molar-refractivity contribution in [2.45, 2.75) is 13.5 Å². The molecule has 0 aliphatic carbocycles. The van der Waals surface area contributed by atoms with E-state index >= 15 is 0 Å². The third kappa shape index (κ3) is 2.77. The van der Waals surface area contributed by atoms with Crippen LogP contribution in [-0.2, 0) is 6.54 Å². The predicted molar refractivity (Wildman–Crippen MR) is 71.4 cm³/mol. The fourth-order valence-electron chi connectivity index (χ4n) is 2.17. The van der Waals surface area contributed by atoms with Crippen LogP contribution < -0.4 is 10.5 Å². The first kappa shape index (κ1) is 13.6. The van der Waals surface area contributed by atoms with Gasteiger partial charge >= 0.3 is 5.63 Å². The second-order valence-electron chi connectivity index (χ2n) is 4.78. The summed E-state index contributed by atoms with van der Waals surface area (Å²) in [6.45, 7) is 3.05. The molecule has 1 aromatic carbocycles. The van der Waals surface area contributed by atoms with Crippen molar-refractivity contribution in [2.75, 3.05) is 20.2 Å². The van der Waals surface area contributed by atoms with E-state index in [1.54, 1.807) is 19.1 Å². The standard InChI is InChI=1S/C14H17NO4/c1-9-12(17)4-3-11-10(8-15(2)5-6-16)7-13(18)19-14(9)11/h3-4,7,16-17H,5-6,8H2,1-2H3/p+1. The summed E-state index contributed by atoms with van der Waals surface area (Å²) < 4.78 is 5.18. The Balaban J connectivity index is 2.55. The average molecular weight is 264 g/mol. The van der Waals surface area contributed by atoms with Crippen LogP contribution in [-0.4, -0.2) is 30.4 Å². The number of quaternary nitrogens is 1. The first-order valence-electron chi connectivity index (χ1n) is 6.20. The summed E-state index contributed by atoms with van der Waals surface area (Å²) in [5.41, 5.74) is 1.43. The number of phenolic OH excluding ortho intramolecular Hbond substituents is 1. The van der Waals surface area contributed by atoms with Crippen LogP contribution in [0.4, 0.5) is 0 Å². The molecule has 0 bridgehead atoms. The lowest BCUT2D eigenvalue weighted by molar-refractivity contribution is -0.893. The maximum atomic E-state index is 11.6. The molecule has 0 saturated carbocycles. The van der Waals surface area contributed by atoms with E-state index in [0.29, 0.717) is 24.2 Å². The number of rotatable bonds is 4. The normalized spacial score (nSPS) is 12.8. The molecule has 3 N–H and O–H groups in total. The quantitative estimate of drug-likeness (QED) is 0.669. The lowest BCUT2D eigenvalue weighted by atomic mass is 10.1. The van der Waals surface area contributed by atoms with Crippen LogP contribution in [0.3, 0.4) is 0 Å². The molecule has 5 nitrogen and oxygen atoms in total. The molecule has 0 saturated heterocycles. The van der Waals surface area contributed by atoms with Crippen molar-refractivity contribution in [2.24, 2.45) is 0 Å². The minimum atomic E-state index is -0.423. The molecule has 2 rings (SSSR count). The van der Waals surface area contributed by atoms with Crippen LogP contribution in [0.2, 0.25) is 0 Å². The first-order valence-corrected chi connectivity index (χ1v) is 6.20. The number of hydrogen-bond donors (Lipinski definition) is 3. The zero-order valence-corrected chi connectivity index (χ0v) is 11.1. The highest BCUT2D eigenvalue weighted by atomic mass is 16.4. The molecule has 1 aromatic heterocycles. The van der Waals surface area contributed by atoms with Crippen LogP contribution in [0.5, 0.6) is 5.75 Å². The van der Waals surface area contributed by atoms with Gasteiger partial charge in [0.05, 0.1) is 13.7 Å². The Morgan fingerprint density at radius 2 is 2.11 bits per heavy atom. The lowest BCUT2D eigenvalue weighted by Gasteiger charge is -2.14. The van der Waals surface area contributed by atoms with Crippen LogP contribution in [0, 0.1) is 6.92 Å². The third-order valence-corrected chi connectivity index (χ3v) is 3.25. The van der Waals surface area contributed by atoms with Gasteiger partial charge in [-0.1, -0.05) is 0 Å². The number of aryl methyl sites for hydroxylation is 1. The molecule has 102 valence electrons. The Morgan fingerprint density at radius 3 is 2.79 bits per heavy atom. The summed E-state index contributed by atoms with van der Waals surface area (Å²) in [4.78, 5) is 12.7. The molecule has 0 radical (unpaired) electrons. The Labute approximate surface area is 110 Å². The SMILES string of the molecule is Cc1c(O)ccc2c(C[NH+](C)CCO)cc(=O)oc12. The van der Waals surface area contributed by atoms with E-state index in [1.807, 2.05) is 7.05 Å². The van der Waals surface area contributed by atoms with E-state index in [0.717, 1.165) is 15.8 Å². The van der Waals surface area contributed by atoms with Crippen molar-refractivity contribution in [1.29, 1.82) is 0 Å². The number of likely N-dealkylation sites (N-methyl/N-ethyl adjacent to an activating group) is 1. The van der Waals surface area contributed by atoms with Gasteiger partial charge in [-0.2, -0.15) is 0 Å². The summed E-state index contributed by atoms with van der Waals surface area (Å²) in [6.07, 6.45) is 0. The number of aromatic hydroxyl groups is 1. The molecule has 5 heteroatoms. The zero-order valence-electron chi connectivity index (χ0n) is 11.1. The van der Waals surface area contributed by atoms with Gasteiger partial charge in [-0.05, 0) is 19.1 Å². The molecular formula is C14H18NO4+. The maximum absolute atomic E-state index is 11.6. The van der Waals surface area contributed by atoms with E-state index in [2.05, 4.69) is 0 Å². The highest BCUT2D eigenvalue weighted by molar-refractivity contribution is 5.84. The Hall–Kier alpha value is -1.85. The third-order valence-electron chi connectivity index (χ3n) is 3.25. The largest absolute Gasteiger partial charge is 0.508 e. The van der Waals surface area contributed by atoms with Gasteiger partial charge in [-0.15, -0.1) is 0 Å². The fourth-order valence-corrected chi connectivity index (χ4v) is 2.17. The molecule has 0 spiro atoms. The van der Waals surface area contributed by atoms with Gasteiger partial charge in [0, 0.05) is 22.6 Å². The van der Waals surface area contributed by atoms with Crippen LogP contribution in [0.25, 0.3) is 11.0 Å². The molecule has 2 aromatic rings. The Kier molecular flexibility index (Phi) is 3.87. The molecule has 1 heterocycles. The Bertz CT molecular complexity index is 648. The number of hydrogen-bond acceptors (Lipinski definition) is 4. The number of fused-ring (bicyclic) bond motifs is 1. The van der Waals surface area contributed by atoms with E-state index in [9.17, 15) is 9.90 Å². The van der Waals surface area contributed by atoms with E-state index in [1.165, 1.54) is 6.07 Å². The summed E-state index contributed by atoms with van der Waals surface area (Å²) >= 11 is 0. The van der Waals surface area contributed by atoms with Crippen molar-refractivity contribution >= 4 is 11.0 Å². The fraction of sp³-hybridized carbons (Fsp3) is 0.357. The van der Waals surface area contributed by atoms with Crippen molar-refractivity contribution in [3.63, 3.8) is 0 Å². The molecule has 0 aliphatic rings. The van der Waals surface area contributed by atoms with E-state index in [-0.39, 0.29) is 12.4 Å². The van der Waals surface area contributed by atoms with Crippen molar-refractivity contribution in [3.8, 4) is 5.75 Å². The second kappa shape index (κ2) is 5.42. The van der Waals surface area contributed by atoms with Crippen LogP contribution in [0.1, 0.15) is 11.1 Å². The highest BCUT2D eigenvalue weighted by Crippen LogP contribution is 2.26. The number of aliphatic hydroxyl groups excluding tert-OH is 1. The number of benzene rings is 1. The molecule has 0 fully saturated rings. The molecule has 1 atom stereocenters. The summed E-state index contributed by atoms with van der Waals surface area (Å²) in [6, 6.07) is 4.82. The van der Waals surface area contributed by atoms with E-state index < -0.39 is 5.63 Å². The topological polar surface area (TPSA) is 75.1 Å². The van der Waals surface area contributed by atoms with Gasteiger partial charge < -0.3 is 19.5 Å². The molecule has 0 aliphatic heterocycles. The smallest absolute Gasteiger partial charge is 0.336 e. The average Bonchev–Trinajstić information content (AvgIpc) is 2.34. The van der Waals surface area contributed by atoms with Crippen LogP contribution in [0.15, 0.2) is 27.4 Å².